The summed E-state index contributed by atoms with van der Waals surface area (Å²) >= 11 is 3.14. The minimum Gasteiger partial charge on any atom is -0.380 e. The first kappa shape index (κ1) is 17.1. The number of hydrazine groups is 1. The van der Waals surface area contributed by atoms with Gasteiger partial charge >= 0.3 is 0 Å². The molecule has 5 nitrogen and oxygen atoms in total. The fraction of sp³-hybridized carbons (Fsp3) is 0.467. The molecule has 0 saturated carbocycles. The van der Waals surface area contributed by atoms with Crippen LogP contribution in [0.4, 0.5) is 0 Å². The van der Waals surface area contributed by atoms with Crippen molar-refractivity contribution in [2.45, 2.75) is 12.0 Å². The van der Waals surface area contributed by atoms with E-state index in [1.165, 1.54) is 0 Å². The molecule has 8 heteroatoms. The van der Waals surface area contributed by atoms with E-state index in [-0.39, 0.29) is 11.5 Å². The van der Waals surface area contributed by atoms with E-state index in [0.717, 1.165) is 11.1 Å². The van der Waals surface area contributed by atoms with Crippen LogP contribution in [0, 0.1) is 0 Å². The molecule has 0 aromatic carbocycles. The predicted octanol–water partition coefficient (Wildman–Crippen LogP) is 1.67. The van der Waals surface area contributed by atoms with Gasteiger partial charge in [0, 0.05) is 19.6 Å². The molecule has 23 heavy (non-hydrogen) atoms. The standard InChI is InChI=1S/C15H20N2O3S3/c18-15(13-1-7-21-11-13,14-2-8-22-12-14)3-4-16-17-5-9-23(19,20)10-6-17/h1-2,7-8,11-12,16,18H,3-6,9-10H2. The van der Waals surface area contributed by atoms with Crippen LogP contribution in [0.1, 0.15) is 17.5 Å². The topological polar surface area (TPSA) is 69.6 Å². The van der Waals surface area contributed by atoms with Crippen molar-refractivity contribution >= 4 is 32.5 Å². The van der Waals surface area contributed by atoms with Crippen LogP contribution in [-0.2, 0) is 15.4 Å². The van der Waals surface area contributed by atoms with E-state index in [2.05, 4.69) is 5.43 Å². The molecule has 126 valence electrons. The third kappa shape index (κ3) is 4.01. The average molecular weight is 373 g/mol. The van der Waals surface area contributed by atoms with Gasteiger partial charge < -0.3 is 5.11 Å². The summed E-state index contributed by atoms with van der Waals surface area (Å²) in [5, 5.41) is 21.0. The lowest BCUT2D eigenvalue weighted by Crippen LogP contribution is -2.49. The lowest BCUT2D eigenvalue weighted by atomic mass is 9.87. The molecule has 0 unspecified atom stereocenters. The Labute approximate surface area is 144 Å². The predicted molar refractivity (Wildman–Crippen MR) is 94.5 cm³/mol. The summed E-state index contributed by atoms with van der Waals surface area (Å²) < 4.78 is 22.9. The van der Waals surface area contributed by atoms with Crippen LogP contribution >= 0.6 is 22.7 Å². The van der Waals surface area contributed by atoms with Crippen LogP contribution in [0.2, 0.25) is 0 Å². The molecule has 0 spiro atoms. The molecule has 3 heterocycles. The number of nitrogens with one attached hydrogen (secondary N) is 1. The Morgan fingerprint density at radius 1 is 1.13 bits per heavy atom. The van der Waals surface area contributed by atoms with Crippen molar-refractivity contribution in [1.29, 1.82) is 0 Å². The van der Waals surface area contributed by atoms with E-state index in [4.69, 9.17) is 0 Å². The zero-order chi connectivity index (χ0) is 16.3. The second-order valence-electron chi connectivity index (χ2n) is 5.68. The van der Waals surface area contributed by atoms with Gasteiger partial charge in [-0.2, -0.15) is 22.7 Å². The van der Waals surface area contributed by atoms with Gasteiger partial charge in [-0.05, 0) is 51.2 Å². The molecule has 1 aliphatic rings. The molecular formula is C15H20N2O3S3. The molecule has 0 aliphatic carbocycles. The largest absolute Gasteiger partial charge is 0.380 e. The van der Waals surface area contributed by atoms with Crippen molar-refractivity contribution in [3.05, 3.63) is 44.8 Å². The molecule has 3 rings (SSSR count). The second-order valence-corrected chi connectivity index (χ2v) is 9.55. The number of rotatable bonds is 6. The molecule has 0 radical (unpaired) electrons. The van der Waals surface area contributed by atoms with Crippen molar-refractivity contribution in [3.63, 3.8) is 0 Å². The Balaban J connectivity index is 1.62. The molecule has 2 aromatic rings. The minimum absolute atomic E-state index is 0.194. The van der Waals surface area contributed by atoms with Crippen LogP contribution in [-0.4, -0.2) is 49.7 Å². The van der Waals surface area contributed by atoms with Gasteiger partial charge in [-0.15, -0.1) is 0 Å². The Morgan fingerprint density at radius 3 is 2.17 bits per heavy atom. The van der Waals surface area contributed by atoms with E-state index in [1.54, 1.807) is 22.7 Å². The maximum absolute atomic E-state index is 11.4. The van der Waals surface area contributed by atoms with Crippen LogP contribution in [0.5, 0.6) is 0 Å². The number of thiophene rings is 2. The molecule has 1 saturated heterocycles. The monoisotopic (exact) mass is 372 g/mol. The smallest absolute Gasteiger partial charge is 0.152 e. The first-order valence-corrected chi connectivity index (χ1v) is 11.2. The highest BCUT2D eigenvalue weighted by molar-refractivity contribution is 7.91. The molecule has 0 bridgehead atoms. The van der Waals surface area contributed by atoms with Gasteiger partial charge in [0.05, 0.1) is 11.5 Å². The van der Waals surface area contributed by atoms with Gasteiger partial charge in [0.1, 0.15) is 5.60 Å². The maximum atomic E-state index is 11.4. The van der Waals surface area contributed by atoms with E-state index >= 15 is 0 Å². The Kier molecular flexibility index (Phi) is 5.19. The van der Waals surface area contributed by atoms with Crippen molar-refractivity contribution in [3.8, 4) is 0 Å². The zero-order valence-electron chi connectivity index (χ0n) is 12.6. The summed E-state index contributed by atoms with van der Waals surface area (Å²) in [5.74, 6) is 0.388. The van der Waals surface area contributed by atoms with Crippen LogP contribution in [0.3, 0.4) is 0 Å². The second kappa shape index (κ2) is 7.00. The number of aliphatic hydroxyl groups is 1. The normalized spacial score (nSPS) is 19.0. The van der Waals surface area contributed by atoms with Crippen molar-refractivity contribution in [2.24, 2.45) is 0 Å². The fourth-order valence-corrected chi connectivity index (χ4v) is 5.37. The fourth-order valence-electron chi connectivity index (χ4n) is 2.72. The van der Waals surface area contributed by atoms with Crippen LogP contribution in [0.15, 0.2) is 33.7 Å². The van der Waals surface area contributed by atoms with Crippen LogP contribution in [0.25, 0.3) is 0 Å². The molecule has 1 fully saturated rings. The quantitative estimate of drug-likeness (QED) is 0.807. The SMILES string of the molecule is O=S1(=O)CCN(NCCC(O)(c2ccsc2)c2ccsc2)CC1. The average Bonchev–Trinajstić information content (AvgIpc) is 3.22. The van der Waals surface area contributed by atoms with Crippen molar-refractivity contribution in [1.82, 2.24) is 10.4 Å². The maximum Gasteiger partial charge on any atom is 0.152 e. The van der Waals surface area contributed by atoms with Gasteiger partial charge in [0.15, 0.2) is 9.84 Å². The summed E-state index contributed by atoms with van der Waals surface area (Å²) in [6.45, 7) is 1.58. The molecule has 2 N–H and O–H groups in total. The minimum atomic E-state index is -2.87. The highest BCUT2D eigenvalue weighted by atomic mass is 32.2. The summed E-state index contributed by atoms with van der Waals surface area (Å²) in [6.07, 6.45) is 0.531. The number of sulfone groups is 1. The van der Waals surface area contributed by atoms with Gasteiger partial charge in [-0.3, -0.25) is 5.43 Å². The number of hydrogen-bond acceptors (Lipinski definition) is 7. The summed E-state index contributed by atoms with van der Waals surface area (Å²) in [4.78, 5) is 0. The van der Waals surface area contributed by atoms with E-state index < -0.39 is 15.4 Å². The molecule has 1 aliphatic heterocycles. The Bertz CT molecular complexity index is 663. The Hall–Kier alpha value is -0.770. The molecular weight excluding hydrogens is 352 g/mol. The number of hydrogen-bond donors (Lipinski definition) is 2. The van der Waals surface area contributed by atoms with Crippen molar-refractivity contribution < 1.29 is 13.5 Å². The van der Waals surface area contributed by atoms with E-state index in [1.807, 2.05) is 38.7 Å². The highest BCUT2D eigenvalue weighted by Crippen LogP contribution is 2.35. The van der Waals surface area contributed by atoms with Gasteiger partial charge in [-0.25, -0.2) is 13.4 Å². The lowest BCUT2D eigenvalue weighted by molar-refractivity contribution is 0.0627. The molecule has 2 aromatic heterocycles. The lowest BCUT2D eigenvalue weighted by Gasteiger charge is -2.31. The Morgan fingerprint density at radius 2 is 1.70 bits per heavy atom. The third-order valence-corrected chi connectivity index (χ3v) is 7.14. The molecule has 0 atom stereocenters. The van der Waals surface area contributed by atoms with E-state index in [0.29, 0.717) is 26.1 Å². The number of nitrogens with zero attached hydrogens (tertiary/aromatic N) is 1. The third-order valence-electron chi connectivity index (χ3n) is 4.16. The summed E-state index contributed by atoms with van der Waals surface area (Å²) in [5.41, 5.74) is 4.06. The zero-order valence-corrected chi connectivity index (χ0v) is 15.1. The first-order valence-electron chi connectivity index (χ1n) is 7.46. The highest BCUT2D eigenvalue weighted by Gasteiger charge is 2.32. The molecule has 0 amide bonds. The van der Waals surface area contributed by atoms with Gasteiger partial charge in [0.25, 0.3) is 0 Å². The summed E-state index contributed by atoms with van der Waals surface area (Å²) in [6, 6.07) is 3.91. The van der Waals surface area contributed by atoms with Gasteiger partial charge in [0.2, 0.25) is 0 Å². The van der Waals surface area contributed by atoms with Gasteiger partial charge in [-0.1, -0.05) is 0 Å². The first-order chi connectivity index (χ1) is 11.0. The van der Waals surface area contributed by atoms with Crippen LogP contribution < -0.4 is 5.43 Å². The summed E-state index contributed by atoms with van der Waals surface area (Å²) in [7, 11) is -2.87. The van der Waals surface area contributed by atoms with E-state index in [9.17, 15) is 13.5 Å². The van der Waals surface area contributed by atoms with Crippen molar-refractivity contribution in [2.75, 3.05) is 31.1 Å².